The van der Waals surface area contributed by atoms with E-state index in [0.717, 1.165) is 18.4 Å². The summed E-state index contributed by atoms with van der Waals surface area (Å²) in [5, 5.41) is 6.61. The molecule has 122 valence electrons. The first-order valence-corrected chi connectivity index (χ1v) is 9.85. The minimum atomic E-state index is -3.46. The van der Waals surface area contributed by atoms with Crippen molar-refractivity contribution in [1.29, 1.82) is 0 Å². The Bertz CT molecular complexity index is 779. The summed E-state index contributed by atoms with van der Waals surface area (Å²) in [6.45, 7) is 1.13. The summed E-state index contributed by atoms with van der Waals surface area (Å²) in [6.07, 6.45) is 2.08. The maximum atomic E-state index is 12.5. The third-order valence-corrected chi connectivity index (χ3v) is 6.39. The van der Waals surface area contributed by atoms with Crippen molar-refractivity contribution in [3.63, 3.8) is 0 Å². The summed E-state index contributed by atoms with van der Waals surface area (Å²) in [5.41, 5.74) is 1.46. The van der Waals surface area contributed by atoms with Crippen LogP contribution in [0.15, 0.2) is 46.0 Å². The van der Waals surface area contributed by atoms with E-state index in [0.29, 0.717) is 18.8 Å². The molecule has 5 nitrogen and oxygen atoms in total. The number of benzene rings is 1. The second kappa shape index (κ2) is 6.82. The lowest BCUT2D eigenvalue weighted by Crippen LogP contribution is -2.28. The number of hydrogen-bond donors (Lipinski definition) is 1. The Balaban J connectivity index is 1.73. The molecule has 3 rings (SSSR count). The summed E-state index contributed by atoms with van der Waals surface area (Å²) in [5.74, 6) is -0.154. The maximum Gasteiger partial charge on any atom is 0.243 e. The minimum absolute atomic E-state index is 0.154. The van der Waals surface area contributed by atoms with E-state index in [1.54, 1.807) is 29.5 Å². The normalized spacial score (nSPS) is 15.7. The van der Waals surface area contributed by atoms with E-state index in [2.05, 4.69) is 5.32 Å². The highest BCUT2D eigenvalue weighted by atomic mass is 32.2. The molecule has 0 unspecified atom stereocenters. The van der Waals surface area contributed by atoms with Gasteiger partial charge in [-0.25, -0.2) is 8.42 Å². The fraction of sp³-hybridized carbons (Fsp3) is 0.312. The predicted octanol–water partition coefficient (Wildman–Crippen LogP) is 2.71. The Morgan fingerprint density at radius 2 is 2.00 bits per heavy atom. The largest absolute Gasteiger partial charge is 0.326 e. The van der Waals surface area contributed by atoms with Gasteiger partial charge in [0.05, 0.1) is 11.3 Å². The van der Waals surface area contributed by atoms with Crippen LogP contribution in [0.1, 0.15) is 18.4 Å². The van der Waals surface area contributed by atoms with Crippen LogP contribution >= 0.6 is 11.3 Å². The number of sulfonamides is 1. The fourth-order valence-corrected chi connectivity index (χ4v) is 4.83. The molecule has 0 radical (unpaired) electrons. The third kappa shape index (κ3) is 3.80. The van der Waals surface area contributed by atoms with Crippen molar-refractivity contribution >= 4 is 33.0 Å². The van der Waals surface area contributed by atoms with Crippen LogP contribution in [0.3, 0.4) is 0 Å². The topological polar surface area (TPSA) is 66.5 Å². The molecule has 1 aliphatic rings. The van der Waals surface area contributed by atoms with E-state index in [9.17, 15) is 13.2 Å². The zero-order valence-corrected chi connectivity index (χ0v) is 14.2. The molecule has 2 heterocycles. The Morgan fingerprint density at radius 1 is 1.22 bits per heavy atom. The van der Waals surface area contributed by atoms with Crippen LogP contribution in [0, 0.1) is 0 Å². The molecule has 23 heavy (non-hydrogen) atoms. The van der Waals surface area contributed by atoms with E-state index >= 15 is 0 Å². The molecule has 2 aromatic rings. The molecule has 1 amide bonds. The molecular formula is C16H18N2O3S2. The van der Waals surface area contributed by atoms with E-state index in [-0.39, 0.29) is 17.2 Å². The number of thiophene rings is 1. The van der Waals surface area contributed by atoms with Crippen molar-refractivity contribution in [2.45, 2.75) is 24.2 Å². The predicted molar refractivity (Wildman–Crippen MR) is 91.1 cm³/mol. The molecule has 0 bridgehead atoms. The van der Waals surface area contributed by atoms with Gasteiger partial charge in [0.25, 0.3) is 0 Å². The van der Waals surface area contributed by atoms with Crippen molar-refractivity contribution in [3.05, 3.63) is 46.7 Å². The molecule has 1 aromatic heterocycles. The maximum absolute atomic E-state index is 12.5. The molecule has 0 saturated carbocycles. The third-order valence-electron chi connectivity index (χ3n) is 3.77. The first-order valence-electron chi connectivity index (χ1n) is 7.47. The number of carbonyl (C=O) groups excluding carboxylic acids is 1. The molecule has 1 fully saturated rings. The molecular weight excluding hydrogens is 332 g/mol. The summed E-state index contributed by atoms with van der Waals surface area (Å²) in [4.78, 5) is 12.3. The molecule has 1 aromatic carbocycles. The van der Waals surface area contributed by atoms with Crippen LogP contribution in [0.5, 0.6) is 0 Å². The lowest BCUT2D eigenvalue weighted by molar-refractivity contribution is -0.115. The molecule has 0 aliphatic carbocycles. The number of nitrogens with one attached hydrogen (secondary N) is 1. The van der Waals surface area contributed by atoms with Gasteiger partial charge < -0.3 is 5.32 Å². The van der Waals surface area contributed by atoms with Crippen LogP contribution in [0.2, 0.25) is 0 Å². The summed E-state index contributed by atoms with van der Waals surface area (Å²) in [7, 11) is -3.46. The minimum Gasteiger partial charge on any atom is -0.326 e. The van der Waals surface area contributed by atoms with Crippen LogP contribution in [-0.4, -0.2) is 31.7 Å². The Kier molecular flexibility index (Phi) is 4.79. The summed E-state index contributed by atoms with van der Waals surface area (Å²) >= 11 is 1.54. The number of amides is 1. The molecule has 7 heteroatoms. The van der Waals surface area contributed by atoms with E-state index in [1.807, 2.05) is 16.8 Å². The van der Waals surface area contributed by atoms with Gasteiger partial charge in [-0.3, -0.25) is 4.79 Å². The van der Waals surface area contributed by atoms with Crippen molar-refractivity contribution in [2.24, 2.45) is 0 Å². The number of nitrogens with zero attached hydrogens (tertiary/aromatic N) is 1. The Hall–Kier alpha value is -1.70. The standard InChI is InChI=1S/C16H18N2O3S2/c19-16(10-13-6-9-22-12-13)17-14-4-3-5-15(11-14)23(20,21)18-7-1-2-8-18/h3-6,9,11-12H,1-2,7-8,10H2,(H,17,19). The van der Waals surface area contributed by atoms with Gasteiger partial charge in [-0.2, -0.15) is 15.6 Å². The number of carbonyl (C=O) groups is 1. The van der Waals surface area contributed by atoms with Crippen LogP contribution < -0.4 is 5.32 Å². The van der Waals surface area contributed by atoms with Gasteiger partial charge in [-0.15, -0.1) is 0 Å². The highest BCUT2D eigenvalue weighted by Crippen LogP contribution is 2.23. The second-order valence-corrected chi connectivity index (χ2v) is 8.21. The van der Waals surface area contributed by atoms with Crippen molar-refractivity contribution in [1.82, 2.24) is 4.31 Å². The second-order valence-electron chi connectivity index (χ2n) is 5.50. The number of anilines is 1. The van der Waals surface area contributed by atoms with Crippen molar-refractivity contribution in [2.75, 3.05) is 18.4 Å². The van der Waals surface area contributed by atoms with Gasteiger partial charge in [0.15, 0.2) is 0 Å². The van der Waals surface area contributed by atoms with E-state index in [4.69, 9.17) is 0 Å². The lowest BCUT2D eigenvalue weighted by atomic mass is 10.2. The van der Waals surface area contributed by atoms with Crippen molar-refractivity contribution < 1.29 is 13.2 Å². The van der Waals surface area contributed by atoms with E-state index in [1.165, 1.54) is 10.4 Å². The zero-order valence-electron chi connectivity index (χ0n) is 12.6. The number of rotatable bonds is 5. The smallest absolute Gasteiger partial charge is 0.243 e. The monoisotopic (exact) mass is 350 g/mol. The molecule has 1 saturated heterocycles. The van der Waals surface area contributed by atoms with Gasteiger partial charge in [0.1, 0.15) is 0 Å². The fourth-order valence-electron chi connectivity index (χ4n) is 2.60. The molecule has 1 aliphatic heterocycles. The van der Waals surface area contributed by atoms with Gasteiger partial charge in [0, 0.05) is 18.8 Å². The van der Waals surface area contributed by atoms with Crippen LogP contribution in [0.25, 0.3) is 0 Å². The SMILES string of the molecule is O=C(Cc1ccsc1)Nc1cccc(S(=O)(=O)N2CCCC2)c1. The molecule has 0 atom stereocenters. The first kappa shape index (κ1) is 16.2. The van der Waals surface area contributed by atoms with Gasteiger partial charge in [0.2, 0.25) is 15.9 Å². The highest BCUT2D eigenvalue weighted by molar-refractivity contribution is 7.89. The Labute approximate surface area is 140 Å². The lowest BCUT2D eigenvalue weighted by Gasteiger charge is -2.16. The quantitative estimate of drug-likeness (QED) is 0.902. The van der Waals surface area contributed by atoms with Gasteiger partial charge >= 0.3 is 0 Å². The van der Waals surface area contributed by atoms with Gasteiger partial charge in [-0.05, 0) is 53.4 Å². The zero-order chi connectivity index (χ0) is 16.3. The van der Waals surface area contributed by atoms with E-state index < -0.39 is 10.0 Å². The molecule has 1 N–H and O–H groups in total. The Morgan fingerprint density at radius 3 is 2.70 bits per heavy atom. The average molecular weight is 350 g/mol. The van der Waals surface area contributed by atoms with Crippen molar-refractivity contribution in [3.8, 4) is 0 Å². The van der Waals surface area contributed by atoms with Crippen LogP contribution in [-0.2, 0) is 21.2 Å². The van der Waals surface area contributed by atoms with Gasteiger partial charge in [-0.1, -0.05) is 6.07 Å². The number of hydrogen-bond acceptors (Lipinski definition) is 4. The average Bonchev–Trinajstić information content (AvgIpc) is 3.20. The summed E-state index contributed by atoms with van der Waals surface area (Å²) < 4.78 is 26.6. The highest BCUT2D eigenvalue weighted by Gasteiger charge is 2.27. The molecule has 0 spiro atoms. The van der Waals surface area contributed by atoms with Crippen LogP contribution in [0.4, 0.5) is 5.69 Å². The first-order chi connectivity index (χ1) is 11.1. The summed E-state index contributed by atoms with van der Waals surface area (Å²) in [6, 6.07) is 8.36.